The summed E-state index contributed by atoms with van der Waals surface area (Å²) < 4.78 is 18.9. The Bertz CT molecular complexity index is 390. The summed E-state index contributed by atoms with van der Waals surface area (Å²) in [5.74, 6) is 0.294. The van der Waals surface area contributed by atoms with Gasteiger partial charge in [-0.15, -0.1) is 0 Å². The molecule has 17 heavy (non-hydrogen) atoms. The molecule has 0 saturated carbocycles. The van der Waals surface area contributed by atoms with Gasteiger partial charge in [0.25, 0.3) is 0 Å². The Labute approximate surface area is 102 Å². The summed E-state index contributed by atoms with van der Waals surface area (Å²) in [7, 11) is 3.36. The maximum atomic E-state index is 13.9. The van der Waals surface area contributed by atoms with Crippen molar-refractivity contribution in [3.63, 3.8) is 0 Å². The van der Waals surface area contributed by atoms with Gasteiger partial charge in [-0.25, -0.2) is 4.39 Å². The first-order valence-corrected chi connectivity index (χ1v) is 5.79. The van der Waals surface area contributed by atoms with E-state index in [0.29, 0.717) is 11.3 Å². The van der Waals surface area contributed by atoms with Crippen LogP contribution >= 0.6 is 0 Å². The highest BCUT2D eigenvalue weighted by Gasteiger charge is 2.15. The monoisotopic (exact) mass is 237 g/mol. The molecule has 0 fully saturated rings. The summed E-state index contributed by atoms with van der Waals surface area (Å²) in [6.07, 6.45) is 1.66. The number of benzene rings is 1. The number of ether oxygens (including phenoxy) is 1. The molecule has 1 aromatic rings. The number of hydrogen-bond donors (Lipinski definition) is 1. The van der Waals surface area contributed by atoms with E-state index in [1.54, 1.807) is 12.1 Å². The van der Waals surface area contributed by atoms with Gasteiger partial charge >= 0.3 is 0 Å². The molecule has 1 unspecified atom stereocenters. The highest BCUT2D eigenvalue weighted by molar-refractivity contribution is 5.31. The molecular weight excluding hydrogens is 217 g/mol. The second-order valence-corrected chi connectivity index (χ2v) is 4.04. The van der Waals surface area contributed by atoms with E-state index >= 15 is 0 Å². The van der Waals surface area contributed by atoms with Crippen LogP contribution in [0.15, 0.2) is 30.4 Å². The number of rotatable bonds is 6. The molecule has 1 N–H and O–H groups in total. The molecule has 0 heterocycles. The molecule has 3 heteroatoms. The standard InChI is InChI=1S/C14H20FNO/c1-5-10(2)8-14(16-3)12-7-6-11(17-4)9-13(12)15/h6-7,9,14,16H,2,5,8H2,1,3-4H3. The third-order valence-corrected chi connectivity index (χ3v) is 2.92. The third kappa shape index (κ3) is 3.56. The fraction of sp³-hybridized carbons (Fsp3) is 0.429. The first kappa shape index (κ1) is 13.7. The lowest BCUT2D eigenvalue weighted by molar-refractivity contribution is 0.409. The first-order valence-electron chi connectivity index (χ1n) is 5.79. The molecule has 2 nitrogen and oxygen atoms in total. The molecule has 0 aromatic heterocycles. The summed E-state index contributed by atoms with van der Waals surface area (Å²) in [4.78, 5) is 0. The maximum absolute atomic E-state index is 13.9. The zero-order chi connectivity index (χ0) is 12.8. The minimum absolute atomic E-state index is 0.0339. The zero-order valence-electron chi connectivity index (χ0n) is 10.7. The molecule has 0 aliphatic heterocycles. The largest absolute Gasteiger partial charge is 0.497 e. The Balaban J connectivity index is 2.92. The highest BCUT2D eigenvalue weighted by atomic mass is 19.1. The quantitative estimate of drug-likeness (QED) is 0.765. The fourth-order valence-electron chi connectivity index (χ4n) is 1.72. The fourth-order valence-corrected chi connectivity index (χ4v) is 1.72. The van der Waals surface area contributed by atoms with Gasteiger partial charge in [-0.1, -0.05) is 25.1 Å². The molecule has 0 amide bonds. The summed E-state index contributed by atoms with van der Waals surface area (Å²) in [6, 6.07) is 4.91. The minimum atomic E-state index is -0.243. The van der Waals surface area contributed by atoms with Gasteiger partial charge in [-0.3, -0.25) is 0 Å². The minimum Gasteiger partial charge on any atom is -0.497 e. The smallest absolute Gasteiger partial charge is 0.131 e. The lowest BCUT2D eigenvalue weighted by atomic mass is 9.98. The summed E-state index contributed by atoms with van der Waals surface area (Å²) in [5.41, 5.74) is 1.77. The van der Waals surface area contributed by atoms with Crippen molar-refractivity contribution in [2.45, 2.75) is 25.8 Å². The number of hydrogen-bond acceptors (Lipinski definition) is 2. The van der Waals surface area contributed by atoms with Crippen LogP contribution in [0.3, 0.4) is 0 Å². The van der Waals surface area contributed by atoms with E-state index in [4.69, 9.17) is 4.74 Å². The molecular formula is C14H20FNO. The van der Waals surface area contributed by atoms with E-state index in [-0.39, 0.29) is 11.9 Å². The topological polar surface area (TPSA) is 21.3 Å². The van der Waals surface area contributed by atoms with Crippen molar-refractivity contribution in [2.75, 3.05) is 14.2 Å². The van der Waals surface area contributed by atoms with Crippen LogP contribution in [0.25, 0.3) is 0 Å². The normalized spacial score (nSPS) is 12.2. The second-order valence-electron chi connectivity index (χ2n) is 4.04. The van der Waals surface area contributed by atoms with E-state index < -0.39 is 0 Å². The van der Waals surface area contributed by atoms with Crippen LogP contribution in [0.5, 0.6) is 5.75 Å². The Morgan fingerprint density at radius 3 is 2.71 bits per heavy atom. The average molecular weight is 237 g/mol. The Morgan fingerprint density at radius 2 is 2.24 bits per heavy atom. The van der Waals surface area contributed by atoms with Crippen molar-refractivity contribution in [1.29, 1.82) is 0 Å². The van der Waals surface area contributed by atoms with E-state index in [1.165, 1.54) is 13.2 Å². The van der Waals surface area contributed by atoms with Gasteiger partial charge < -0.3 is 10.1 Å². The van der Waals surface area contributed by atoms with Crippen LogP contribution in [-0.2, 0) is 0 Å². The lowest BCUT2D eigenvalue weighted by Crippen LogP contribution is -2.18. The molecule has 1 rings (SSSR count). The molecule has 0 aliphatic carbocycles. The van der Waals surface area contributed by atoms with Gasteiger partial charge in [0.1, 0.15) is 11.6 Å². The number of halogens is 1. The van der Waals surface area contributed by atoms with Crippen molar-refractivity contribution in [3.05, 3.63) is 41.7 Å². The van der Waals surface area contributed by atoms with Crippen LogP contribution in [0.2, 0.25) is 0 Å². The number of methoxy groups -OCH3 is 1. The van der Waals surface area contributed by atoms with Crippen LogP contribution < -0.4 is 10.1 Å². The van der Waals surface area contributed by atoms with E-state index in [9.17, 15) is 4.39 Å². The van der Waals surface area contributed by atoms with Crippen LogP contribution in [0, 0.1) is 5.82 Å². The predicted molar refractivity (Wildman–Crippen MR) is 68.8 cm³/mol. The van der Waals surface area contributed by atoms with Crippen molar-refractivity contribution in [3.8, 4) is 5.75 Å². The Morgan fingerprint density at radius 1 is 1.53 bits per heavy atom. The van der Waals surface area contributed by atoms with Crippen LogP contribution in [0.4, 0.5) is 4.39 Å². The molecule has 0 aliphatic rings. The molecule has 1 aromatic carbocycles. The van der Waals surface area contributed by atoms with Crippen molar-refractivity contribution in [2.24, 2.45) is 0 Å². The van der Waals surface area contributed by atoms with Crippen LogP contribution in [0.1, 0.15) is 31.4 Å². The summed E-state index contributed by atoms with van der Waals surface area (Å²) >= 11 is 0. The SMILES string of the molecule is C=C(CC)CC(NC)c1ccc(OC)cc1F. The van der Waals surface area contributed by atoms with Gasteiger partial charge in [0, 0.05) is 17.7 Å². The Hall–Kier alpha value is -1.35. The molecule has 0 saturated heterocycles. The maximum Gasteiger partial charge on any atom is 0.131 e. The first-order chi connectivity index (χ1) is 8.12. The van der Waals surface area contributed by atoms with E-state index in [2.05, 4.69) is 18.8 Å². The van der Waals surface area contributed by atoms with Crippen molar-refractivity contribution in [1.82, 2.24) is 5.32 Å². The zero-order valence-corrected chi connectivity index (χ0v) is 10.7. The lowest BCUT2D eigenvalue weighted by Gasteiger charge is -2.18. The van der Waals surface area contributed by atoms with Crippen LogP contribution in [-0.4, -0.2) is 14.2 Å². The molecule has 94 valence electrons. The molecule has 0 bridgehead atoms. The molecule has 1 atom stereocenters. The van der Waals surface area contributed by atoms with Crippen molar-refractivity contribution >= 4 is 0 Å². The van der Waals surface area contributed by atoms with Crippen molar-refractivity contribution < 1.29 is 9.13 Å². The van der Waals surface area contributed by atoms with Gasteiger partial charge in [0.05, 0.1) is 7.11 Å². The Kier molecular flexibility index (Phi) is 5.16. The predicted octanol–water partition coefficient (Wildman–Crippen LogP) is 3.45. The summed E-state index contributed by atoms with van der Waals surface area (Å²) in [6.45, 7) is 6.02. The number of nitrogens with one attached hydrogen (secondary N) is 1. The van der Waals surface area contributed by atoms with Gasteiger partial charge in [0.2, 0.25) is 0 Å². The second kappa shape index (κ2) is 6.40. The summed E-state index contributed by atoms with van der Waals surface area (Å²) in [5, 5.41) is 3.12. The van der Waals surface area contributed by atoms with Gasteiger partial charge in [-0.2, -0.15) is 0 Å². The van der Waals surface area contributed by atoms with E-state index in [0.717, 1.165) is 18.4 Å². The van der Waals surface area contributed by atoms with E-state index in [1.807, 2.05) is 7.05 Å². The molecule has 0 radical (unpaired) electrons. The third-order valence-electron chi connectivity index (χ3n) is 2.92. The van der Waals surface area contributed by atoms with Gasteiger partial charge in [-0.05, 0) is 26.0 Å². The average Bonchev–Trinajstić information content (AvgIpc) is 2.35. The van der Waals surface area contributed by atoms with Gasteiger partial charge in [0.15, 0.2) is 0 Å². The molecule has 0 spiro atoms. The highest BCUT2D eigenvalue weighted by Crippen LogP contribution is 2.26.